The molecule has 1 N–H and O–H groups in total. The Morgan fingerprint density at radius 3 is 2.32 bits per heavy atom. The van der Waals surface area contributed by atoms with E-state index in [-0.39, 0.29) is 18.8 Å². The Bertz CT molecular complexity index is 929. The minimum Gasteiger partial charge on any atom is -0.466 e. The molecule has 0 amide bonds. The van der Waals surface area contributed by atoms with Crippen LogP contribution in [0.5, 0.6) is 5.75 Å². The van der Waals surface area contributed by atoms with Gasteiger partial charge in [-0.2, -0.15) is 5.09 Å². The van der Waals surface area contributed by atoms with E-state index in [9.17, 15) is 14.2 Å². The number of carbonyl (C=O) groups excluding carboxylic acids is 2. The maximum Gasteiger partial charge on any atom is 0.459 e. The lowest BCUT2D eigenvalue weighted by atomic mass is 10.1. The largest absolute Gasteiger partial charge is 0.466 e. The summed E-state index contributed by atoms with van der Waals surface area (Å²) in [6, 6.07) is 14.8. The Hall–Kier alpha value is -2.93. The number of hydrogen-bond donors (Lipinski definition) is 1. The number of nitrogens with one attached hydrogen (secondary N) is 1. The summed E-state index contributed by atoms with van der Waals surface area (Å²) in [4.78, 5) is 23.6. The Morgan fingerprint density at radius 1 is 1.06 bits per heavy atom. The van der Waals surface area contributed by atoms with Crippen molar-refractivity contribution in [1.29, 1.82) is 0 Å². The molecule has 2 aromatic carbocycles. The summed E-state index contributed by atoms with van der Waals surface area (Å²) in [5, 5.41) is 2.69. The van der Waals surface area contributed by atoms with Gasteiger partial charge in [-0.3, -0.25) is 9.32 Å². The first kappa shape index (κ1) is 24.3. The summed E-state index contributed by atoms with van der Waals surface area (Å²) in [5.74, 6) is -0.775. The van der Waals surface area contributed by atoms with Gasteiger partial charge < -0.3 is 14.0 Å². The van der Waals surface area contributed by atoms with Crippen molar-refractivity contribution < 1.29 is 32.7 Å². The van der Waals surface area contributed by atoms with Gasteiger partial charge >= 0.3 is 19.7 Å². The number of methoxy groups -OCH3 is 1. The second-order valence-electron chi connectivity index (χ2n) is 6.32. The quantitative estimate of drug-likeness (QED) is 0.316. The molecule has 2 atom stereocenters. The molecule has 8 nitrogen and oxygen atoms in total. The van der Waals surface area contributed by atoms with Crippen LogP contribution in [0.25, 0.3) is 6.08 Å². The zero-order chi connectivity index (χ0) is 22.7. The summed E-state index contributed by atoms with van der Waals surface area (Å²) in [6.45, 7) is 1.88. The van der Waals surface area contributed by atoms with E-state index in [0.29, 0.717) is 5.56 Å². The van der Waals surface area contributed by atoms with E-state index in [0.717, 1.165) is 5.56 Å². The van der Waals surface area contributed by atoms with Crippen LogP contribution in [-0.4, -0.2) is 38.8 Å². The van der Waals surface area contributed by atoms with Crippen LogP contribution >= 0.6 is 7.75 Å². The predicted molar refractivity (Wildman–Crippen MR) is 116 cm³/mol. The van der Waals surface area contributed by atoms with Gasteiger partial charge in [0, 0.05) is 13.2 Å². The third kappa shape index (κ3) is 8.02. The van der Waals surface area contributed by atoms with Gasteiger partial charge in [0.05, 0.1) is 13.7 Å². The van der Waals surface area contributed by atoms with Crippen molar-refractivity contribution in [3.63, 3.8) is 0 Å². The minimum atomic E-state index is -3.89. The molecule has 9 heteroatoms. The molecule has 0 radical (unpaired) electrons. The van der Waals surface area contributed by atoms with Crippen molar-refractivity contribution in [2.24, 2.45) is 0 Å². The fourth-order valence-electron chi connectivity index (χ4n) is 2.59. The van der Waals surface area contributed by atoms with Crippen LogP contribution in [0.15, 0.2) is 60.7 Å². The third-order valence-corrected chi connectivity index (χ3v) is 5.69. The molecular weight excluding hydrogens is 421 g/mol. The standard InChI is InChI=1S/C22H26NO7P/c1-4-29-22(25)20(16-18-8-6-5-7-9-18)23-31(26,28-3)30-19-13-10-17(11-14-19)12-15-21(24)27-2/h5-15,20H,4,16H2,1-3H3,(H,23,26)/b15-12+/t20-,31-/m0/s1. The van der Waals surface area contributed by atoms with Crippen molar-refractivity contribution in [1.82, 2.24) is 5.09 Å². The molecule has 0 spiro atoms. The maximum atomic E-state index is 13.2. The van der Waals surface area contributed by atoms with Gasteiger partial charge in [0.15, 0.2) is 0 Å². The average Bonchev–Trinajstić information content (AvgIpc) is 2.78. The molecule has 2 aromatic rings. The summed E-state index contributed by atoms with van der Waals surface area (Å²) < 4.78 is 33.5. The van der Waals surface area contributed by atoms with Crippen LogP contribution in [-0.2, 0) is 34.6 Å². The van der Waals surface area contributed by atoms with Crippen molar-refractivity contribution in [2.45, 2.75) is 19.4 Å². The second kappa shape index (κ2) is 12.1. The zero-order valence-electron chi connectivity index (χ0n) is 17.6. The molecule has 0 fully saturated rings. The lowest BCUT2D eigenvalue weighted by molar-refractivity contribution is -0.145. The van der Waals surface area contributed by atoms with Gasteiger partial charge in [0.2, 0.25) is 0 Å². The van der Waals surface area contributed by atoms with Crippen molar-refractivity contribution in [2.75, 3.05) is 20.8 Å². The molecule has 0 aliphatic carbocycles. The minimum absolute atomic E-state index is 0.185. The average molecular weight is 447 g/mol. The first-order chi connectivity index (χ1) is 14.9. The van der Waals surface area contributed by atoms with E-state index >= 15 is 0 Å². The molecule has 2 rings (SSSR count). The highest BCUT2D eigenvalue weighted by atomic mass is 31.2. The van der Waals surface area contributed by atoms with Gasteiger partial charge in [0.25, 0.3) is 0 Å². The van der Waals surface area contributed by atoms with Crippen LogP contribution in [0.2, 0.25) is 0 Å². The number of benzene rings is 2. The maximum absolute atomic E-state index is 13.2. The first-order valence-electron chi connectivity index (χ1n) is 9.59. The lowest BCUT2D eigenvalue weighted by Crippen LogP contribution is -2.39. The highest BCUT2D eigenvalue weighted by Gasteiger charge is 2.33. The third-order valence-electron chi connectivity index (χ3n) is 4.13. The molecule has 31 heavy (non-hydrogen) atoms. The van der Waals surface area contributed by atoms with Gasteiger partial charge in [-0.1, -0.05) is 42.5 Å². The van der Waals surface area contributed by atoms with Crippen LogP contribution in [0.1, 0.15) is 18.1 Å². The fraction of sp³-hybridized carbons (Fsp3) is 0.273. The van der Waals surface area contributed by atoms with Crippen LogP contribution in [0.4, 0.5) is 0 Å². The van der Waals surface area contributed by atoms with Gasteiger partial charge in [-0.05, 0) is 42.7 Å². The van der Waals surface area contributed by atoms with E-state index in [2.05, 4.69) is 9.82 Å². The monoisotopic (exact) mass is 447 g/mol. The molecule has 0 bridgehead atoms. The highest BCUT2D eigenvalue weighted by molar-refractivity contribution is 7.52. The predicted octanol–water partition coefficient (Wildman–Crippen LogP) is 3.77. The van der Waals surface area contributed by atoms with E-state index in [4.69, 9.17) is 13.8 Å². The smallest absolute Gasteiger partial charge is 0.459 e. The molecular formula is C22H26NO7P. The van der Waals surface area contributed by atoms with Crippen molar-refractivity contribution in [3.8, 4) is 5.75 Å². The number of carbonyl (C=O) groups is 2. The SMILES string of the molecule is CCOC(=O)[C@H](Cc1ccccc1)N[P@](=O)(OC)Oc1ccc(/C=C/C(=O)OC)cc1. The molecule has 0 aliphatic heterocycles. The number of hydrogen-bond acceptors (Lipinski definition) is 7. The Kier molecular flexibility index (Phi) is 9.46. The van der Waals surface area contributed by atoms with Gasteiger partial charge in [0.1, 0.15) is 11.8 Å². The number of rotatable bonds is 11. The highest BCUT2D eigenvalue weighted by Crippen LogP contribution is 2.44. The Morgan fingerprint density at radius 2 is 1.74 bits per heavy atom. The normalized spacial score (nSPS) is 13.9. The van der Waals surface area contributed by atoms with Gasteiger partial charge in [-0.25, -0.2) is 9.36 Å². The molecule has 0 heterocycles. The summed E-state index contributed by atoms with van der Waals surface area (Å²) >= 11 is 0. The first-order valence-corrected chi connectivity index (χ1v) is 11.1. The van der Waals surface area contributed by atoms with Crippen molar-refractivity contribution >= 4 is 25.8 Å². The zero-order valence-corrected chi connectivity index (χ0v) is 18.5. The van der Waals surface area contributed by atoms with E-state index < -0.39 is 25.7 Å². The summed E-state index contributed by atoms with van der Waals surface area (Å²) in [7, 11) is -1.37. The van der Waals surface area contributed by atoms with E-state index in [1.165, 1.54) is 20.3 Å². The molecule has 0 aromatic heterocycles. The molecule has 0 aliphatic rings. The Balaban J connectivity index is 2.14. The van der Waals surface area contributed by atoms with Crippen LogP contribution in [0.3, 0.4) is 0 Å². The fourth-order valence-corrected chi connectivity index (χ4v) is 3.80. The lowest BCUT2D eigenvalue weighted by Gasteiger charge is -2.23. The summed E-state index contributed by atoms with van der Waals surface area (Å²) in [5.41, 5.74) is 1.57. The molecule has 0 unspecified atom stereocenters. The second-order valence-corrected chi connectivity index (χ2v) is 8.12. The van der Waals surface area contributed by atoms with E-state index in [1.54, 1.807) is 37.3 Å². The Labute approximate surface area is 181 Å². The molecule has 0 saturated heterocycles. The van der Waals surface area contributed by atoms with Gasteiger partial charge in [-0.15, -0.1) is 0 Å². The van der Waals surface area contributed by atoms with Crippen LogP contribution in [0, 0.1) is 0 Å². The topological polar surface area (TPSA) is 100 Å². The number of ether oxygens (including phenoxy) is 2. The number of esters is 2. The van der Waals surface area contributed by atoms with Crippen LogP contribution < -0.4 is 9.61 Å². The molecule has 166 valence electrons. The molecule has 0 saturated carbocycles. The van der Waals surface area contributed by atoms with Crippen molar-refractivity contribution in [3.05, 3.63) is 71.8 Å². The summed E-state index contributed by atoms with van der Waals surface area (Å²) in [6.07, 6.45) is 3.10. The van der Waals surface area contributed by atoms with E-state index in [1.807, 2.05) is 30.3 Å².